The van der Waals surface area contributed by atoms with Crippen LogP contribution in [0.2, 0.25) is 0 Å². The number of hydrogen-bond acceptors (Lipinski definition) is 7. The van der Waals surface area contributed by atoms with Crippen molar-refractivity contribution in [2.75, 3.05) is 0 Å². The minimum Gasteiger partial charge on any atom is -0.459 e. The number of imidazole rings is 1. The highest BCUT2D eigenvalue weighted by Crippen LogP contribution is 2.20. The van der Waals surface area contributed by atoms with Crippen LogP contribution in [-0.2, 0) is 11.2 Å². The van der Waals surface area contributed by atoms with Gasteiger partial charge in [0.05, 0.1) is 32.5 Å². The molecule has 2 aromatic carbocycles. The van der Waals surface area contributed by atoms with Crippen molar-refractivity contribution < 1.29 is 19.4 Å². The molecule has 0 radical (unpaired) electrons. The van der Waals surface area contributed by atoms with Gasteiger partial charge in [-0.05, 0) is 31.5 Å². The van der Waals surface area contributed by atoms with Crippen LogP contribution < -0.4 is 0 Å². The van der Waals surface area contributed by atoms with Gasteiger partial charge in [-0.1, -0.05) is 0 Å². The Morgan fingerprint density at radius 1 is 1.11 bits per heavy atom. The van der Waals surface area contributed by atoms with Crippen molar-refractivity contribution in [1.82, 2.24) is 9.97 Å². The van der Waals surface area contributed by atoms with Crippen molar-refractivity contribution in [3.8, 4) is 0 Å². The quantitative estimate of drug-likeness (QED) is 0.373. The van der Waals surface area contributed by atoms with Gasteiger partial charge in [0.1, 0.15) is 5.82 Å². The Morgan fingerprint density at radius 3 is 2.39 bits per heavy atom. The Balaban J connectivity index is 1.58. The number of ether oxygens (including phenoxy) is 1. The molecule has 144 valence electrons. The number of benzene rings is 2. The smallest absolute Gasteiger partial charge is 0.338 e. The predicted molar refractivity (Wildman–Crippen MR) is 99.0 cm³/mol. The molecule has 0 fully saturated rings. The van der Waals surface area contributed by atoms with Crippen molar-refractivity contribution in [1.29, 1.82) is 0 Å². The lowest BCUT2D eigenvalue weighted by atomic mass is 10.2. The van der Waals surface area contributed by atoms with Crippen molar-refractivity contribution >= 4 is 28.4 Å². The number of aromatic nitrogens is 2. The molecule has 0 amide bonds. The van der Waals surface area contributed by atoms with Crippen LogP contribution in [0.5, 0.6) is 0 Å². The van der Waals surface area contributed by atoms with E-state index in [1.165, 1.54) is 36.4 Å². The van der Waals surface area contributed by atoms with Gasteiger partial charge in [0, 0.05) is 30.7 Å². The fourth-order valence-corrected chi connectivity index (χ4v) is 2.65. The number of esters is 1. The number of hydrogen-bond donors (Lipinski definition) is 1. The van der Waals surface area contributed by atoms with E-state index in [0.717, 1.165) is 0 Å². The third-order valence-corrected chi connectivity index (χ3v) is 4.14. The van der Waals surface area contributed by atoms with E-state index in [0.29, 0.717) is 29.7 Å². The molecule has 1 atom stereocenters. The van der Waals surface area contributed by atoms with Gasteiger partial charge in [0.2, 0.25) is 0 Å². The molecule has 10 nitrogen and oxygen atoms in total. The van der Waals surface area contributed by atoms with E-state index >= 15 is 0 Å². The average Bonchev–Trinajstić information content (AvgIpc) is 3.08. The molecule has 1 N–H and O–H groups in total. The van der Waals surface area contributed by atoms with Gasteiger partial charge in [-0.15, -0.1) is 0 Å². The van der Waals surface area contributed by atoms with E-state index in [1.54, 1.807) is 13.0 Å². The van der Waals surface area contributed by atoms with E-state index in [1.807, 2.05) is 0 Å². The SMILES string of the molecule is C[C@@H](CCc1nc2ccc([N+](=O)[O-])cc2[nH]1)OC(=O)c1ccc([N+](=O)[O-])cc1. The number of carbonyl (C=O) groups excluding carboxylic acids is 1. The summed E-state index contributed by atoms with van der Waals surface area (Å²) in [4.78, 5) is 40.0. The second-order valence-electron chi connectivity index (χ2n) is 6.20. The van der Waals surface area contributed by atoms with Gasteiger partial charge < -0.3 is 9.72 Å². The summed E-state index contributed by atoms with van der Waals surface area (Å²) >= 11 is 0. The Morgan fingerprint density at radius 2 is 1.75 bits per heavy atom. The maximum absolute atomic E-state index is 12.1. The summed E-state index contributed by atoms with van der Waals surface area (Å²) < 4.78 is 5.34. The fourth-order valence-electron chi connectivity index (χ4n) is 2.65. The zero-order valence-corrected chi connectivity index (χ0v) is 14.8. The number of nitro benzene ring substituents is 2. The number of aromatic amines is 1. The van der Waals surface area contributed by atoms with Crippen LogP contribution >= 0.6 is 0 Å². The van der Waals surface area contributed by atoms with Gasteiger partial charge in [0.25, 0.3) is 11.4 Å². The van der Waals surface area contributed by atoms with E-state index in [4.69, 9.17) is 4.74 Å². The van der Waals surface area contributed by atoms with Crippen molar-refractivity contribution in [2.24, 2.45) is 0 Å². The molecular weight excluding hydrogens is 368 g/mol. The molecule has 0 bridgehead atoms. The molecule has 28 heavy (non-hydrogen) atoms. The lowest BCUT2D eigenvalue weighted by molar-refractivity contribution is -0.385. The van der Waals surface area contributed by atoms with Crippen LogP contribution in [0.25, 0.3) is 11.0 Å². The number of nitrogens with one attached hydrogen (secondary N) is 1. The standard InChI is InChI=1S/C18H16N4O6/c1-11(28-18(23)12-3-5-13(6-4-12)21(24)25)2-9-17-19-15-8-7-14(22(26)27)10-16(15)20-17/h3-8,10-11H,2,9H2,1H3,(H,19,20)/t11-/m0/s1. The van der Waals surface area contributed by atoms with Crippen molar-refractivity contribution in [3.63, 3.8) is 0 Å². The highest BCUT2D eigenvalue weighted by Gasteiger charge is 2.15. The van der Waals surface area contributed by atoms with Crippen LogP contribution in [0.3, 0.4) is 0 Å². The summed E-state index contributed by atoms with van der Waals surface area (Å²) in [5.41, 5.74) is 1.30. The summed E-state index contributed by atoms with van der Waals surface area (Å²) in [5, 5.41) is 21.5. The molecule has 10 heteroatoms. The van der Waals surface area contributed by atoms with Gasteiger partial charge in [-0.2, -0.15) is 0 Å². The zero-order chi connectivity index (χ0) is 20.3. The van der Waals surface area contributed by atoms with E-state index in [-0.39, 0.29) is 16.9 Å². The van der Waals surface area contributed by atoms with E-state index in [9.17, 15) is 25.0 Å². The lowest BCUT2D eigenvalue weighted by Crippen LogP contribution is -2.16. The number of aryl methyl sites for hydroxylation is 1. The summed E-state index contributed by atoms with van der Waals surface area (Å²) in [5.74, 6) is 0.0661. The maximum atomic E-state index is 12.1. The molecule has 0 saturated carbocycles. The number of non-ortho nitro benzene ring substituents is 2. The van der Waals surface area contributed by atoms with Crippen LogP contribution in [-0.4, -0.2) is 31.9 Å². The Labute approximate surface area is 158 Å². The lowest BCUT2D eigenvalue weighted by Gasteiger charge is -2.12. The first-order valence-electron chi connectivity index (χ1n) is 8.42. The molecule has 0 spiro atoms. The normalized spacial score (nSPS) is 11.9. The van der Waals surface area contributed by atoms with Crippen LogP contribution in [0, 0.1) is 20.2 Å². The summed E-state index contributed by atoms with van der Waals surface area (Å²) in [6.07, 6.45) is 0.558. The van der Waals surface area contributed by atoms with E-state index < -0.39 is 21.9 Å². The molecular formula is C18H16N4O6. The molecule has 0 unspecified atom stereocenters. The average molecular weight is 384 g/mol. The number of fused-ring (bicyclic) bond motifs is 1. The number of nitro groups is 2. The minimum absolute atomic E-state index is 0.0203. The number of nitrogens with zero attached hydrogens (tertiary/aromatic N) is 3. The monoisotopic (exact) mass is 384 g/mol. The van der Waals surface area contributed by atoms with Gasteiger partial charge in [-0.3, -0.25) is 20.2 Å². The number of H-pyrrole nitrogens is 1. The Hall–Kier alpha value is -3.82. The van der Waals surface area contributed by atoms with Gasteiger partial charge in [-0.25, -0.2) is 9.78 Å². The fraction of sp³-hybridized carbons (Fsp3) is 0.222. The number of carbonyl (C=O) groups is 1. The van der Waals surface area contributed by atoms with Crippen molar-refractivity contribution in [3.05, 3.63) is 74.1 Å². The highest BCUT2D eigenvalue weighted by atomic mass is 16.6. The zero-order valence-electron chi connectivity index (χ0n) is 14.8. The summed E-state index contributed by atoms with van der Waals surface area (Å²) in [7, 11) is 0. The van der Waals surface area contributed by atoms with Crippen molar-refractivity contribution in [2.45, 2.75) is 25.9 Å². The summed E-state index contributed by atoms with van der Waals surface area (Å²) in [6.45, 7) is 1.73. The highest BCUT2D eigenvalue weighted by molar-refractivity contribution is 5.89. The maximum Gasteiger partial charge on any atom is 0.338 e. The number of rotatable bonds is 7. The first-order chi connectivity index (χ1) is 13.3. The first-order valence-corrected chi connectivity index (χ1v) is 8.42. The summed E-state index contributed by atoms with van der Waals surface area (Å²) in [6, 6.07) is 9.57. The predicted octanol–water partition coefficient (Wildman–Crippen LogP) is 3.56. The van der Waals surface area contributed by atoms with Crippen LogP contribution in [0.1, 0.15) is 29.5 Å². The first kappa shape index (κ1) is 19.0. The minimum atomic E-state index is -0.567. The second-order valence-corrected chi connectivity index (χ2v) is 6.20. The van der Waals surface area contributed by atoms with Crippen LogP contribution in [0.4, 0.5) is 11.4 Å². The molecule has 1 aromatic heterocycles. The third-order valence-electron chi connectivity index (χ3n) is 4.14. The second kappa shape index (κ2) is 7.82. The topological polar surface area (TPSA) is 141 Å². The largest absolute Gasteiger partial charge is 0.459 e. The Bertz CT molecular complexity index is 1040. The van der Waals surface area contributed by atoms with Crippen LogP contribution in [0.15, 0.2) is 42.5 Å². The molecule has 3 aromatic rings. The van der Waals surface area contributed by atoms with Gasteiger partial charge in [0.15, 0.2) is 0 Å². The molecule has 3 rings (SSSR count). The van der Waals surface area contributed by atoms with Gasteiger partial charge >= 0.3 is 5.97 Å². The molecule has 0 aliphatic heterocycles. The Kier molecular flexibility index (Phi) is 5.30. The molecule has 0 saturated heterocycles. The third kappa shape index (κ3) is 4.29. The molecule has 0 aliphatic carbocycles. The van der Waals surface area contributed by atoms with E-state index in [2.05, 4.69) is 9.97 Å². The molecule has 0 aliphatic rings. The molecule has 1 heterocycles.